The van der Waals surface area contributed by atoms with Gasteiger partial charge in [0.2, 0.25) is 0 Å². The number of benzene rings is 1. The van der Waals surface area contributed by atoms with Crippen LogP contribution in [0.3, 0.4) is 0 Å². The van der Waals surface area contributed by atoms with Gasteiger partial charge in [0.25, 0.3) is 0 Å². The molecule has 1 aromatic heterocycles. The van der Waals surface area contributed by atoms with Gasteiger partial charge in [0.1, 0.15) is 0 Å². The fourth-order valence-electron chi connectivity index (χ4n) is 2.21. The van der Waals surface area contributed by atoms with Gasteiger partial charge in [-0.1, -0.05) is 17.7 Å². The average Bonchev–Trinajstić information content (AvgIpc) is 2.65. The molecule has 0 bridgehead atoms. The zero-order valence-electron chi connectivity index (χ0n) is 11.5. The second-order valence-corrected chi connectivity index (χ2v) is 5.07. The minimum atomic E-state index is -0.852. The first-order chi connectivity index (χ1) is 9.43. The zero-order valence-corrected chi connectivity index (χ0v) is 12.3. The molecule has 108 valence electrons. The number of nitrogens with one attached hydrogen (secondary N) is 1. The van der Waals surface area contributed by atoms with Gasteiger partial charge < -0.3 is 5.32 Å². The minimum absolute atomic E-state index is 0.169. The molecule has 1 heterocycles. The summed E-state index contributed by atoms with van der Waals surface area (Å²) in [5.41, 5.74) is 2.28. The van der Waals surface area contributed by atoms with Crippen LogP contribution in [0.1, 0.15) is 23.0 Å². The first-order valence-corrected chi connectivity index (χ1v) is 6.62. The van der Waals surface area contributed by atoms with Gasteiger partial charge in [-0.2, -0.15) is 5.10 Å². The summed E-state index contributed by atoms with van der Waals surface area (Å²) in [5.74, 6) is -1.70. The number of rotatable bonds is 4. The lowest BCUT2D eigenvalue weighted by Gasteiger charge is -2.17. The third-order valence-electron chi connectivity index (χ3n) is 3.35. The highest BCUT2D eigenvalue weighted by molar-refractivity contribution is 6.31. The maximum absolute atomic E-state index is 13.3. The zero-order chi connectivity index (χ0) is 14.9. The van der Waals surface area contributed by atoms with Gasteiger partial charge in [-0.15, -0.1) is 0 Å². The van der Waals surface area contributed by atoms with Crippen LogP contribution < -0.4 is 5.32 Å². The van der Waals surface area contributed by atoms with Gasteiger partial charge >= 0.3 is 0 Å². The summed E-state index contributed by atoms with van der Waals surface area (Å²) in [6.07, 6.45) is 0.539. The van der Waals surface area contributed by atoms with E-state index in [2.05, 4.69) is 10.4 Å². The predicted molar refractivity (Wildman–Crippen MR) is 74.8 cm³/mol. The molecule has 0 aliphatic heterocycles. The number of halogens is 3. The lowest BCUT2D eigenvalue weighted by molar-refractivity contribution is 0.499. The van der Waals surface area contributed by atoms with Gasteiger partial charge in [-0.25, -0.2) is 8.78 Å². The molecule has 1 aromatic carbocycles. The summed E-state index contributed by atoms with van der Waals surface area (Å²) in [4.78, 5) is 0. The van der Waals surface area contributed by atoms with Gasteiger partial charge in [-0.3, -0.25) is 4.68 Å². The Hall–Kier alpha value is -1.46. The van der Waals surface area contributed by atoms with E-state index in [1.54, 1.807) is 17.8 Å². The van der Waals surface area contributed by atoms with Crippen LogP contribution in [0.25, 0.3) is 0 Å². The smallest absolute Gasteiger partial charge is 0.159 e. The summed E-state index contributed by atoms with van der Waals surface area (Å²) >= 11 is 6.21. The molecule has 1 unspecified atom stereocenters. The van der Waals surface area contributed by atoms with E-state index in [4.69, 9.17) is 11.6 Å². The van der Waals surface area contributed by atoms with Gasteiger partial charge in [0, 0.05) is 19.5 Å². The van der Waals surface area contributed by atoms with Crippen molar-refractivity contribution in [2.24, 2.45) is 7.05 Å². The lowest BCUT2D eigenvalue weighted by Crippen LogP contribution is -2.20. The molecule has 0 amide bonds. The van der Waals surface area contributed by atoms with E-state index in [-0.39, 0.29) is 6.04 Å². The van der Waals surface area contributed by atoms with Gasteiger partial charge in [0.05, 0.1) is 16.4 Å². The van der Waals surface area contributed by atoms with E-state index in [9.17, 15) is 8.78 Å². The van der Waals surface area contributed by atoms with Crippen LogP contribution in [0.4, 0.5) is 8.78 Å². The molecule has 0 aliphatic rings. The Balaban J connectivity index is 2.31. The molecule has 2 rings (SSSR count). The second kappa shape index (κ2) is 5.89. The Morgan fingerprint density at radius 3 is 2.55 bits per heavy atom. The first kappa shape index (κ1) is 14.9. The standard InChI is InChI=1S/C14H16ClF2N3/c1-8-14(15)13(20(3)19-8)7-12(18-2)9-4-5-10(16)11(17)6-9/h4-6,12,18H,7H2,1-3H3. The molecule has 0 saturated carbocycles. The fraction of sp³-hybridized carbons (Fsp3) is 0.357. The molecule has 2 aromatic rings. The normalized spacial score (nSPS) is 12.7. The monoisotopic (exact) mass is 299 g/mol. The molecule has 6 heteroatoms. The molecule has 1 N–H and O–H groups in total. The number of aromatic nitrogens is 2. The third kappa shape index (κ3) is 2.83. The number of nitrogens with zero attached hydrogens (tertiary/aromatic N) is 2. The maximum Gasteiger partial charge on any atom is 0.159 e. The number of aryl methyl sites for hydroxylation is 2. The molecule has 0 fully saturated rings. The Labute approximate surface area is 121 Å². The van der Waals surface area contributed by atoms with Crippen LogP contribution in [0.5, 0.6) is 0 Å². The molecule has 0 aliphatic carbocycles. The van der Waals surface area contributed by atoms with Crippen molar-refractivity contribution in [2.75, 3.05) is 7.05 Å². The van der Waals surface area contributed by atoms with Crippen LogP contribution in [0, 0.1) is 18.6 Å². The van der Waals surface area contributed by atoms with Crippen LogP contribution in [-0.2, 0) is 13.5 Å². The predicted octanol–water partition coefficient (Wildman–Crippen LogP) is 3.16. The van der Waals surface area contributed by atoms with E-state index in [0.29, 0.717) is 17.0 Å². The minimum Gasteiger partial charge on any atom is -0.313 e. The molecule has 0 saturated heterocycles. The fourth-order valence-corrected chi connectivity index (χ4v) is 2.45. The van der Waals surface area contributed by atoms with E-state index >= 15 is 0 Å². The van der Waals surface area contributed by atoms with Crippen molar-refractivity contribution in [1.29, 1.82) is 0 Å². The Morgan fingerprint density at radius 1 is 1.35 bits per heavy atom. The van der Waals surface area contributed by atoms with E-state index in [1.807, 2.05) is 14.0 Å². The summed E-state index contributed by atoms with van der Waals surface area (Å²) in [5, 5.41) is 7.94. The number of hydrogen-bond donors (Lipinski definition) is 1. The summed E-state index contributed by atoms with van der Waals surface area (Å²) in [6.45, 7) is 1.83. The van der Waals surface area contributed by atoms with E-state index in [1.165, 1.54) is 6.07 Å². The van der Waals surface area contributed by atoms with Crippen LogP contribution >= 0.6 is 11.6 Å². The third-order valence-corrected chi connectivity index (χ3v) is 3.85. The summed E-state index contributed by atoms with van der Waals surface area (Å²) < 4.78 is 28.0. The van der Waals surface area contributed by atoms with E-state index in [0.717, 1.165) is 17.5 Å². The van der Waals surface area contributed by atoms with E-state index < -0.39 is 11.6 Å². The van der Waals surface area contributed by atoms with Crippen molar-refractivity contribution >= 4 is 11.6 Å². The number of hydrogen-bond acceptors (Lipinski definition) is 2. The summed E-state index contributed by atoms with van der Waals surface area (Å²) in [7, 11) is 3.58. The molecule has 3 nitrogen and oxygen atoms in total. The maximum atomic E-state index is 13.3. The molecule has 1 atom stereocenters. The van der Waals surface area contributed by atoms with Crippen LogP contribution in [0.2, 0.25) is 5.02 Å². The SMILES string of the molecule is CNC(Cc1c(Cl)c(C)nn1C)c1ccc(F)c(F)c1. The molecule has 0 spiro atoms. The van der Waals surface area contributed by atoms with Gasteiger partial charge in [0.15, 0.2) is 11.6 Å². The highest BCUT2D eigenvalue weighted by Gasteiger charge is 2.18. The number of likely N-dealkylation sites (N-methyl/N-ethyl adjacent to an activating group) is 1. The molecule has 0 radical (unpaired) electrons. The quantitative estimate of drug-likeness (QED) is 0.940. The van der Waals surface area contributed by atoms with Crippen molar-refractivity contribution < 1.29 is 8.78 Å². The van der Waals surface area contributed by atoms with Gasteiger partial charge in [-0.05, 0) is 31.7 Å². The first-order valence-electron chi connectivity index (χ1n) is 6.24. The molecule has 20 heavy (non-hydrogen) atoms. The highest BCUT2D eigenvalue weighted by atomic mass is 35.5. The van der Waals surface area contributed by atoms with Crippen molar-refractivity contribution in [3.8, 4) is 0 Å². The molecular weight excluding hydrogens is 284 g/mol. The van der Waals surface area contributed by atoms with Crippen molar-refractivity contribution in [1.82, 2.24) is 15.1 Å². The topological polar surface area (TPSA) is 29.9 Å². The Bertz CT molecular complexity index is 625. The van der Waals surface area contributed by atoms with Crippen molar-refractivity contribution in [2.45, 2.75) is 19.4 Å². The Kier molecular flexibility index (Phi) is 4.40. The highest BCUT2D eigenvalue weighted by Crippen LogP contribution is 2.26. The van der Waals surface area contributed by atoms with Crippen molar-refractivity contribution in [3.63, 3.8) is 0 Å². The van der Waals surface area contributed by atoms with Crippen molar-refractivity contribution in [3.05, 3.63) is 51.8 Å². The summed E-state index contributed by atoms with van der Waals surface area (Å²) in [6, 6.07) is 3.73. The van der Waals surface area contributed by atoms with Crippen LogP contribution in [-0.4, -0.2) is 16.8 Å². The molecular formula is C14H16ClF2N3. The largest absolute Gasteiger partial charge is 0.313 e. The lowest BCUT2D eigenvalue weighted by atomic mass is 10.0. The van der Waals surface area contributed by atoms with Crippen LogP contribution in [0.15, 0.2) is 18.2 Å². The second-order valence-electron chi connectivity index (χ2n) is 4.69. The average molecular weight is 300 g/mol. The Morgan fingerprint density at radius 2 is 2.05 bits per heavy atom.